The highest BCUT2D eigenvalue weighted by molar-refractivity contribution is 6.52. The van der Waals surface area contributed by atoms with E-state index in [0.717, 1.165) is 12.0 Å². The number of ketones is 1. The zero-order chi connectivity index (χ0) is 17.1. The molecule has 1 aliphatic heterocycles. The van der Waals surface area contributed by atoms with Crippen molar-refractivity contribution in [3.63, 3.8) is 0 Å². The van der Waals surface area contributed by atoms with E-state index >= 15 is 0 Å². The molecule has 0 radical (unpaired) electrons. The molecule has 0 bridgehead atoms. The molecule has 1 aliphatic rings. The molecule has 0 N–H and O–H groups in total. The lowest BCUT2D eigenvalue weighted by molar-refractivity contribution is -0.114. The van der Waals surface area contributed by atoms with E-state index in [1.165, 1.54) is 4.90 Å². The van der Waals surface area contributed by atoms with Gasteiger partial charge in [0.2, 0.25) is 0 Å². The molecule has 0 atom stereocenters. The van der Waals surface area contributed by atoms with Gasteiger partial charge in [0.05, 0.1) is 30.0 Å². The fraction of sp³-hybridized carbons (Fsp3) is 0.211. The van der Waals surface area contributed by atoms with Gasteiger partial charge in [-0.3, -0.25) is 9.59 Å². The van der Waals surface area contributed by atoms with E-state index in [0.29, 0.717) is 23.4 Å². The van der Waals surface area contributed by atoms with Crippen LogP contribution in [0, 0.1) is 0 Å². The summed E-state index contributed by atoms with van der Waals surface area (Å²) in [5.74, 6) is -1.37. The Hall–Kier alpha value is -2.95. The zero-order valence-electron chi connectivity index (χ0n) is 13.3. The number of carbonyl (C=O) groups is 3. The summed E-state index contributed by atoms with van der Waals surface area (Å²) in [4.78, 5) is 37.4. The molecule has 2 aromatic carbocycles. The lowest BCUT2D eigenvalue weighted by atomic mass is 10.1. The molecule has 0 aliphatic carbocycles. The second-order valence-corrected chi connectivity index (χ2v) is 5.57. The lowest BCUT2D eigenvalue weighted by Crippen LogP contribution is -2.29. The third kappa shape index (κ3) is 2.93. The number of esters is 1. The number of para-hydroxylation sites is 1. The van der Waals surface area contributed by atoms with Gasteiger partial charge in [0, 0.05) is 0 Å². The van der Waals surface area contributed by atoms with Gasteiger partial charge in [0.15, 0.2) is 0 Å². The van der Waals surface area contributed by atoms with E-state index in [1.807, 2.05) is 6.92 Å². The van der Waals surface area contributed by atoms with Gasteiger partial charge < -0.3 is 9.64 Å². The van der Waals surface area contributed by atoms with Crippen LogP contribution in [0.2, 0.25) is 0 Å². The molecular formula is C19H17NO4. The van der Waals surface area contributed by atoms with Crippen molar-refractivity contribution in [3.8, 4) is 0 Å². The number of Topliss-reactive ketones (excluding diaryl/α,β-unsaturated/α-hetero) is 1. The van der Waals surface area contributed by atoms with Crippen LogP contribution in [-0.4, -0.2) is 24.3 Å². The van der Waals surface area contributed by atoms with Crippen molar-refractivity contribution in [2.45, 2.75) is 19.9 Å². The van der Waals surface area contributed by atoms with Crippen LogP contribution in [0.1, 0.15) is 39.6 Å². The number of amides is 1. The molecule has 0 fully saturated rings. The van der Waals surface area contributed by atoms with Crippen LogP contribution >= 0.6 is 0 Å². The molecule has 3 rings (SSSR count). The maximum absolute atomic E-state index is 12.2. The normalized spacial score (nSPS) is 13.1. The second-order valence-electron chi connectivity index (χ2n) is 5.57. The predicted octanol–water partition coefficient (Wildman–Crippen LogP) is 2.98. The zero-order valence-corrected chi connectivity index (χ0v) is 13.3. The maximum atomic E-state index is 12.2. The average molecular weight is 323 g/mol. The van der Waals surface area contributed by atoms with Gasteiger partial charge in [-0.1, -0.05) is 31.2 Å². The Bertz CT molecular complexity index is 795. The average Bonchev–Trinajstić information content (AvgIpc) is 2.85. The quantitative estimate of drug-likeness (QED) is 0.627. The predicted molar refractivity (Wildman–Crippen MR) is 89.0 cm³/mol. The SMILES string of the molecule is CCCOC(=O)c1ccc(CN2C(=O)C(=O)c3ccccc32)cc1. The van der Waals surface area contributed by atoms with Crippen LogP contribution < -0.4 is 4.90 Å². The topological polar surface area (TPSA) is 63.7 Å². The van der Waals surface area contributed by atoms with E-state index in [9.17, 15) is 14.4 Å². The van der Waals surface area contributed by atoms with Gasteiger partial charge in [-0.25, -0.2) is 4.79 Å². The van der Waals surface area contributed by atoms with Gasteiger partial charge in [-0.15, -0.1) is 0 Å². The molecule has 5 nitrogen and oxygen atoms in total. The number of fused-ring (bicyclic) bond motifs is 1. The Morgan fingerprint density at radius 3 is 2.46 bits per heavy atom. The van der Waals surface area contributed by atoms with Crippen molar-refractivity contribution in [1.82, 2.24) is 0 Å². The Morgan fingerprint density at radius 1 is 1.04 bits per heavy atom. The molecule has 1 heterocycles. The molecule has 24 heavy (non-hydrogen) atoms. The summed E-state index contributed by atoms with van der Waals surface area (Å²) in [7, 11) is 0. The van der Waals surface area contributed by atoms with Crippen molar-refractivity contribution in [1.29, 1.82) is 0 Å². The van der Waals surface area contributed by atoms with Crippen molar-refractivity contribution >= 4 is 23.3 Å². The second kappa shape index (κ2) is 6.66. The largest absolute Gasteiger partial charge is 0.462 e. The van der Waals surface area contributed by atoms with E-state index in [4.69, 9.17) is 4.74 Å². The first-order valence-corrected chi connectivity index (χ1v) is 7.83. The minimum absolute atomic E-state index is 0.284. The lowest BCUT2D eigenvalue weighted by Gasteiger charge is -2.16. The van der Waals surface area contributed by atoms with Crippen molar-refractivity contribution < 1.29 is 19.1 Å². The van der Waals surface area contributed by atoms with Crippen LogP contribution in [0.3, 0.4) is 0 Å². The Kier molecular flexibility index (Phi) is 4.42. The molecule has 0 aromatic heterocycles. The number of hydrogen-bond acceptors (Lipinski definition) is 4. The summed E-state index contributed by atoms with van der Waals surface area (Å²) in [6, 6.07) is 13.8. The summed E-state index contributed by atoms with van der Waals surface area (Å²) < 4.78 is 5.08. The number of rotatable bonds is 5. The minimum atomic E-state index is -0.525. The first-order chi connectivity index (χ1) is 11.6. The fourth-order valence-corrected chi connectivity index (χ4v) is 2.61. The first kappa shape index (κ1) is 15.9. The third-order valence-electron chi connectivity index (χ3n) is 3.85. The Balaban J connectivity index is 1.76. The number of nitrogens with zero attached hydrogens (tertiary/aromatic N) is 1. The summed E-state index contributed by atoms with van der Waals surface area (Å²) in [6.45, 7) is 2.61. The molecular weight excluding hydrogens is 306 g/mol. The number of anilines is 1. The summed E-state index contributed by atoms with van der Waals surface area (Å²) in [5.41, 5.74) is 2.36. The van der Waals surface area contributed by atoms with Crippen LogP contribution in [0.5, 0.6) is 0 Å². The molecule has 0 spiro atoms. The van der Waals surface area contributed by atoms with Crippen LogP contribution in [-0.2, 0) is 16.1 Å². The van der Waals surface area contributed by atoms with E-state index < -0.39 is 11.7 Å². The van der Waals surface area contributed by atoms with E-state index in [-0.39, 0.29) is 12.5 Å². The molecule has 0 saturated heterocycles. The molecule has 2 aromatic rings. The standard InChI is InChI=1S/C19H17NO4/c1-2-11-24-19(23)14-9-7-13(8-10-14)12-20-16-6-4-3-5-15(16)17(21)18(20)22/h3-10H,2,11-12H2,1H3. The molecule has 0 unspecified atom stereocenters. The Morgan fingerprint density at radius 2 is 1.75 bits per heavy atom. The number of ether oxygens (including phenoxy) is 1. The maximum Gasteiger partial charge on any atom is 0.338 e. The highest BCUT2D eigenvalue weighted by atomic mass is 16.5. The van der Waals surface area contributed by atoms with Crippen molar-refractivity contribution in [2.24, 2.45) is 0 Å². The van der Waals surface area contributed by atoms with Gasteiger partial charge in [0.1, 0.15) is 0 Å². The van der Waals surface area contributed by atoms with Crippen molar-refractivity contribution in [2.75, 3.05) is 11.5 Å². The fourth-order valence-electron chi connectivity index (χ4n) is 2.61. The molecule has 0 saturated carbocycles. The summed E-state index contributed by atoms with van der Waals surface area (Å²) in [5, 5.41) is 0. The number of carbonyl (C=O) groups excluding carboxylic acids is 3. The highest BCUT2D eigenvalue weighted by Crippen LogP contribution is 2.29. The monoisotopic (exact) mass is 323 g/mol. The van der Waals surface area contributed by atoms with Crippen molar-refractivity contribution in [3.05, 3.63) is 65.2 Å². The smallest absolute Gasteiger partial charge is 0.338 e. The summed E-state index contributed by atoms with van der Waals surface area (Å²) in [6.07, 6.45) is 0.772. The van der Waals surface area contributed by atoms with Crippen LogP contribution in [0.25, 0.3) is 0 Å². The van der Waals surface area contributed by atoms with Gasteiger partial charge in [-0.2, -0.15) is 0 Å². The highest BCUT2D eigenvalue weighted by Gasteiger charge is 2.35. The third-order valence-corrected chi connectivity index (χ3v) is 3.85. The molecule has 1 amide bonds. The van der Waals surface area contributed by atoms with Crippen LogP contribution in [0.4, 0.5) is 5.69 Å². The van der Waals surface area contributed by atoms with E-state index in [2.05, 4.69) is 0 Å². The van der Waals surface area contributed by atoms with Gasteiger partial charge >= 0.3 is 5.97 Å². The molecule has 122 valence electrons. The Labute approximate surface area is 139 Å². The molecule has 5 heteroatoms. The number of hydrogen-bond donors (Lipinski definition) is 0. The van der Waals surface area contributed by atoms with Gasteiger partial charge in [-0.05, 0) is 36.2 Å². The van der Waals surface area contributed by atoms with Gasteiger partial charge in [0.25, 0.3) is 11.7 Å². The minimum Gasteiger partial charge on any atom is -0.462 e. The number of benzene rings is 2. The summed E-state index contributed by atoms with van der Waals surface area (Å²) >= 11 is 0. The first-order valence-electron chi connectivity index (χ1n) is 7.83. The van der Waals surface area contributed by atoms with E-state index in [1.54, 1.807) is 48.5 Å². The van der Waals surface area contributed by atoms with Crippen LogP contribution in [0.15, 0.2) is 48.5 Å².